The van der Waals surface area contributed by atoms with E-state index in [1.54, 1.807) is 18.3 Å². The van der Waals surface area contributed by atoms with Crippen molar-refractivity contribution in [1.82, 2.24) is 15.1 Å². The van der Waals surface area contributed by atoms with Crippen molar-refractivity contribution in [3.05, 3.63) is 29.2 Å². The van der Waals surface area contributed by atoms with Crippen LogP contribution in [0, 0.1) is 0 Å². The van der Waals surface area contributed by atoms with Gasteiger partial charge in [0.25, 0.3) is 0 Å². The topological polar surface area (TPSA) is 77.8 Å². The second kappa shape index (κ2) is 4.33. The van der Waals surface area contributed by atoms with E-state index in [1.165, 1.54) is 0 Å². The smallest absolute Gasteiger partial charge is 0.247 e. The molecular weight excluding hydrogens is 252 g/mol. The van der Waals surface area contributed by atoms with Crippen molar-refractivity contribution >= 4 is 11.6 Å². The van der Waals surface area contributed by atoms with Crippen LogP contribution < -0.4 is 5.73 Å². The van der Waals surface area contributed by atoms with Crippen molar-refractivity contribution in [2.24, 2.45) is 5.73 Å². The molecule has 1 saturated carbocycles. The molecule has 1 aliphatic carbocycles. The Kier molecular flexibility index (Phi) is 2.80. The van der Waals surface area contributed by atoms with Gasteiger partial charge in [-0.1, -0.05) is 29.6 Å². The van der Waals surface area contributed by atoms with Crippen molar-refractivity contribution in [1.29, 1.82) is 0 Å². The third kappa shape index (κ3) is 2.00. The molecule has 1 fully saturated rings. The standard InChI is InChI=1S/C12H13ClN4O/c13-8-3-4-9(15-7-8)10-16-11(18-17-10)12(14)5-1-2-6-12/h3-4,7H,1-2,5-6,14H2. The van der Waals surface area contributed by atoms with Crippen LogP contribution in [-0.4, -0.2) is 15.1 Å². The lowest BCUT2D eigenvalue weighted by atomic mass is 9.99. The SMILES string of the molecule is NC1(c2nc(-c3ccc(Cl)cn3)no2)CCCC1. The summed E-state index contributed by atoms with van der Waals surface area (Å²) in [6.07, 6.45) is 5.55. The first kappa shape index (κ1) is 11.6. The Bertz CT molecular complexity index is 545. The lowest BCUT2D eigenvalue weighted by molar-refractivity contribution is 0.285. The van der Waals surface area contributed by atoms with E-state index in [1.807, 2.05) is 0 Å². The summed E-state index contributed by atoms with van der Waals surface area (Å²) in [4.78, 5) is 8.51. The van der Waals surface area contributed by atoms with Crippen LogP contribution in [0.15, 0.2) is 22.9 Å². The van der Waals surface area contributed by atoms with Gasteiger partial charge in [-0.05, 0) is 25.0 Å². The van der Waals surface area contributed by atoms with E-state index in [-0.39, 0.29) is 0 Å². The van der Waals surface area contributed by atoms with E-state index in [4.69, 9.17) is 21.9 Å². The molecule has 0 radical (unpaired) electrons. The molecule has 5 nitrogen and oxygen atoms in total. The molecule has 0 atom stereocenters. The van der Waals surface area contributed by atoms with Crippen LogP contribution in [0.2, 0.25) is 5.02 Å². The molecule has 3 rings (SSSR count). The van der Waals surface area contributed by atoms with Crippen LogP contribution in [0.3, 0.4) is 0 Å². The number of hydrogen-bond donors (Lipinski definition) is 1. The molecule has 0 bridgehead atoms. The fourth-order valence-electron chi connectivity index (χ4n) is 2.26. The largest absolute Gasteiger partial charge is 0.337 e. The predicted octanol–water partition coefficient (Wildman–Crippen LogP) is 2.51. The Hall–Kier alpha value is -1.46. The summed E-state index contributed by atoms with van der Waals surface area (Å²) in [7, 11) is 0. The van der Waals surface area contributed by atoms with Gasteiger partial charge in [0.2, 0.25) is 11.7 Å². The minimum absolute atomic E-state index is 0.457. The highest BCUT2D eigenvalue weighted by molar-refractivity contribution is 6.30. The summed E-state index contributed by atoms with van der Waals surface area (Å²) < 4.78 is 5.28. The van der Waals surface area contributed by atoms with Gasteiger partial charge in [0.15, 0.2) is 0 Å². The molecule has 6 heteroatoms. The van der Waals surface area contributed by atoms with Gasteiger partial charge in [-0.2, -0.15) is 4.98 Å². The Balaban J connectivity index is 1.91. The highest BCUT2D eigenvalue weighted by Gasteiger charge is 2.36. The van der Waals surface area contributed by atoms with Gasteiger partial charge in [0, 0.05) is 6.20 Å². The van der Waals surface area contributed by atoms with Crippen molar-refractivity contribution in [2.45, 2.75) is 31.2 Å². The van der Waals surface area contributed by atoms with Gasteiger partial charge in [-0.3, -0.25) is 4.98 Å². The number of rotatable bonds is 2. The Morgan fingerprint density at radius 3 is 2.72 bits per heavy atom. The summed E-state index contributed by atoms with van der Waals surface area (Å²) >= 11 is 5.78. The number of nitrogens with zero attached hydrogens (tertiary/aromatic N) is 3. The van der Waals surface area contributed by atoms with Crippen LogP contribution in [-0.2, 0) is 5.54 Å². The summed E-state index contributed by atoms with van der Waals surface area (Å²) in [5.74, 6) is 0.963. The maximum atomic E-state index is 6.26. The van der Waals surface area contributed by atoms with Gasteiger partial charge >= 0.3 is 0 Å². The molecule has 2 aromatic heterocycles. The van der Waals surface area contributed by atoms with E-state index in [9.17, 15) is 0 Å². The molecular formula is C12H13ClN4O. The van der Waals surface area contributed by atoms with E-state index < -0.39 is 5.54 Å². The highest BCUT2D eigenvalue weighted by atomic mass is 35.5. The fraction of sp³-hybridized carbons (Fsp3) is 0.417. The molecule has 0 saturated heterocycles. The van der Waals surface area contributed by atoms with Gasteiger partial charge in [-0.25, -0.2) is 0 Å². The number of pyridine rings is 1. The molecule has 0 aromatic carbocycles. The third-order valence-electron chi connectivity index (χ3n) is 3.30. The molecule has 1 aliphatic rings. The zero-order valence-electron chi connectivity index (χ0n) is 9.77. The lowest BCUT2D eigenvalue weighted by Crippen LogP contribution is -2.33. The van der Waals surface area contributed by atoms with Crippen LogP contribution in [0.5, 0.6) is 0 Å². The number of aromatic nitrogens is 3. The lowest BCUT2D eigenvalue weighted by Gasteiger charge is -2.17. The zero-order valence-corrected chi connectivity index (χ0v) is 10.5. The number of nitrogens with two attached hydrogens (primary N) is 1. The predicted molar refractivity (Wildman–Crippen MR) is 66.9 cm³/mol. The maximum absolute atomic E-state index is 6.26. The second-order valence-corrected chi connectivity index (χ2v) is 5.08. The second-order valence-electron chi connectivity index (χ2n) is 4.65. The van der Waals surface area contributed by atoms with Crippen molar-refractivity contribution in [2.75, 3.05) is 0 Å². The van der Waals surface area contributed by atoms with Gasteiger partial charge < -0.3 is 10.3 Å². The summed E-state index contributed by atoms with van der Waals surface area (Å²) in [6, 6.07) is 3.50. The summed E-state index contributed by atoms with van der Waals surface area (Å²) in [6.45, 7) is 0. The Labute approximate surface area is 109 Å². The normalized spacial score (nSPS) is 18.1. The minimum atomic E-state index is -0.461. The molecule has 0 amide bonds. The van der Waals surface area contributed by atoms with E-state index >= 15 is 0 Å². The average Bonchev–Trinajstić information content (AvgIpc) is 2.99. The van der Waals surface area contributed by atoms with Crippen molar-refractivity contribution in [3.8, 4) is 11.5 Å². The van der Waals surface area contributed by atoms with E-state index in [0.717, 1.165) is 25.7 Å². The van der Waals surface area contributed by atoms with Crippen molar-refractivity contribution < 1.29 is 4.52 Å². The van der Waals surface area contributed by atoms with Gasteiger partial charge in [-0.15, -0.1) is 0 Å². The van der Waals surface area contributed by atoms with E-state index in [0.29, 0.717) is 22.4 Å². The Morgan fingerprint density at radius 1 is 1.28 bits per heavy atom. The molecule has 2 N–H and O–H groups in total. The number of halogens is 1. The number of hydrogen-bond acceptors (Lipinski definition) is 5. The highest BCUT2D eigenvalue weighted by Crippen LogP contribution is 2.35. The summed E-state index contributed by atoms with van der Waals surface area (Å²) in [5, 5.41) is 4.51. The zero-order chi connectivity index (χ0) is 12.6. The molecule has 0 unspecified atom stereocenters. The van der Waals surface area contributed by atoms with Crippen molar-refractivity contribution in [3.63, 3.8) is 0 Å². The van der Waals surface area contributed by atoms with Crippen LogP contribution in [0.1, 0.15) is 31.6 Å². The molecule has 0 spiro atoms. The molecule has 2 heterocycles. The minimum Gasteiger partial charge on any atom is -0.337 e. The first-order valence-corrected chi connectivity index (χ1v) is 6.30. The summed E-state index contributed by atoms with van der Waals surface area (Å²) in [5.41, 5.74) is 6.43. The molecule has 2 aromatic rings. The third-order valence-corrected chi connectivity index (χ3v) is 3.53. The molecule has 18 heavy (non-hydrogen) atoms. The first-order chi connectivity index (χ1) is 8.67. The van der Waals surface area contributed by atoms with Crippen LogP contribution in [0.4, 0.5) is 0 Å². The van der Waals surface area contributed by atoms with Gasteiger partial charge in [0.05, 0.1) is 10.6 Å². The quantitative estimate of drug-likeness (QED) is 0.902. The first-order valence-electron chi connectivity index (χ1n) is 5.92. The van der Waals surface area contributed by atoms with Gasteiger partial charge in [0.1, 0.15) is 5.69 Å². The fourth-order valence-corrected chi connectivity index (χ4v) is 2.37. The van der Waals surface area contributed by atoms with Crippen LogP contribution >= 0.6 is 11.6 Å². The monoisotopic (exact) mass is 264 g/mol. The average molecular weight is 265 g/mol. The molecule has 0 aliphatic heterocycles. The van der Waals surface area contributed by atoms with E-state index in [2.05, 4.69) is 15.1 Å². The Morgan fingerprint density at radius 2 is 2.06 bits per heavy atom. The maximum Gasteiger partial charge on any atom is 0.247 e. The van der Waals surface area contributed by atoms with Crippen LogP contribution in [0.25, 0.3) is 11.5 Å². The molecule has 94 valence electrons.